The molecule has 0 aliphatic heterocycles. The number of aliphatic hydroxyl groups excluding tert-OH is 1. The van der Waals surface area contributed by atoms with Crippen LogP contribution < -0.4 is 0 Å². The van der Waals surface area contributed by atoms with E-state index in [4.69, 9.17) is 9.47 Å². The van der Waals surface area contributed by atoms with Crippen LogP contribution in [-0.4, -0.2) is 37.0 Å². The van der Waals surface area contributed by atoms with E-state index in [0.717, 1.165) is 25.7 Å². The van der Waals surface area contributed by atoms with E-state index in [1.165, 1.54) is 135 Å². The Morgan fingerprint density at radius 1 is 0.590 bits per heavy atom. The van der Waals surface area contributed by atoms with Crippen LogP contribution in [0, 0.1) is 0 Å². The van der Waals surface area contributed by atoms with Crippen molar-refractivity contribution in [3.05, 3.63) is 12.2 Å². The fourth-order valence-electron chi connectivity index (χ4n) is 4.97. The third-order valence-corrected chi connectivity index (χ3v) is 7.59. The third kappa shape index (κ3) is 31.5. The molecule has 0 rings (SSSR count). The van der Waals surface area contributed by atoms with Gasteiger partial charge < -0.3 is 14.6 Å². The van der Waals surface area contributed by atoms with E-state index >= 15 is 0 Å². The normalized spacial score (nSPS) is 12.4. The van der Waals surface area contributed by atoms with Gasteiger partial charge in [-0.1, -0.05) is 148 Å². The molecule has 0 aromatic carbocycles. The molecule has 4 heteroatoms. The second-order valence-electron chi connectivity index (χ2n) is 11.6. The fraction of sp³-hybridized carbons (Fsp3) is 0.914. The number of rotatable bonds is 32. The minimum Gasteiger partial charge on any atom is -0.457 e. The van der Waals surface area contributed by atoms with Crippen molar-refractivity contribution in [3.8, 4) is 0 Å². The van der Waals surface area contributed by atoms with E-state index < -0.39 is 6.10 Å². The number of esters is 1. The molecule has 0 heterocycles. The molecule has 0 aromatic heterocycles. The van der Waals surface area contributed by atoms with Crippen LogP contribution in [0.5, 0.6) is 0 Å². The maximum Gasteiger partial charge on any atom is 0.306 e. The zero-order valence-corrected chi connectivity index (χ0v) is 26.4. The molecule has 1 unspecified atom stereocenters. The molecule has 1 N–H and O–H groups in total. The molecule has 4 nitrogen and oxygen atoms in total. The highest BCUT2D eigenvalue weighted by Gasteiger charge is 2.13. The molecule has 0 radical (unpaired) electrons. The molecular weight excluding hydrogens is 484 g/mol. The van der Waals surface area contributed by atoms with Crippen molar-refractivity contribution in [2.75, 3.05) is 19.8 Å². The van der Waals surface area contributed by atoms with Gasteiger partial charge in [-0.25, -0.2) is 0 Å². The van der Waals surface area contributed by atoms with Gasteiger partial charge >= 0.3 is 5.97 Å². The second kappa shape index (κ2) is 33.3. The summed E-state index contributed by atoms with van der Waals surface area (Å²) in [5, 5.41) is 9.38. The summed E-state index contributed by atoms with van der Waals surface area (Å²) in [5.41, 5.74) is 0. The molecule has 0 amide bonds. The van der Waals surface area contributed by atoms with Gasteiger partial charge in [-0.15, -0.1) is 0 Å². The summed E-state index contributed by atoms with van der Waals surface area (Å²) < 4.78 is 10.9. The van der Waals surface area contributed by atoms with Crippen molar-refractivity contribution in [1.82, 2.24) is 0 Å². The fourth-order valence-corrected chi connectivity index (χ4v) is 4.97. The van der Waals surface area contributed by atoms with Crippen molar-refractivity contribution < 1.29 is 19.4 Å². The molecule has 0 aliphatic carbocycles. The van der Waals surface area contributed by atoms with E-state index in [2.05, 4.69) is 26.0 Å². The Balaban J connectivity index is 3.26. The van der Waals surface area contributed by atoms with Crippen LogP contribution in [0.2, 0.25) is 0 Å². The molecule has 0 spiro atoms. The monoisotopic (exact) mass is 553 g/mol. The quantitative estimate of drug-likeness (QED) is 0.0512. The van der Waals surface area contributed by atoms with Gasteiger partial charge in [0.15, 0.2) is 0 Å². The molecule has 0 aromatic rings. The summed E-state index contributed by atoms with van der Waals surface area (Å²) in [4.78, 5) is 11.7. The van der Waals surface area contributed by atoms with E-state index in [9.17, 15) is 9.90 Å². The lowest BCUT2D eigenvalue weighted by molar-refractivity contribution is -0.154. The van der Waals surface area contributed by atoms with Crippen LogP contribution in [0.1, 0.15) is 181 Å². The molecular formula is C35H68O4. The van der Waals surface area contributed by atoms with Gasteiger partial charge in [0.2, 0.25) is 0 Å². The average molecular weight is 553 g/mol. The van der Waals surface area contributed by atoms with Crippen molar-refractivity contribution in [3.63, 3.8) is 0 Å². The predicted molar refractivity (Wildman–Crippen MR) is 168 cm³/mol. The van der Waals surface area contributed by atoms with Crippen molar-refractivity contribution >= 4 is 5.97 Å². The first-order chi connectivity index (χ1) is 19.2. The first-order valence-electron chi connectivity index (χ1n) is 17.3. The Hall–Kier alpha value is -0.870. The number of hydrogen-bond acceptors (Lipinski definition) is 4. The Kier molecular flexibility index (Phi) is 32.6. The van der Waals surface area contributed by atoms with Crippen LogP contribution in [-0.2, 0) is 14.3 Å². The highest BCUT2D eigenvalue weighted by Crippen LogP contribution is 2.14. The first-order valence-corrected chi connectivity index (χ1v) is 17.3. The number of hydrogen-bond donors (Lipinski definition) is 1. The zero-order valence-electron chi connectivity index (χ0n) is 26.4. The molecule has 1 atom stereocenters. The Morgan fingerprint density at radius 2 is 1.00 bits per heavy atom. The minimum atomic E-state index is -0.523. The lowest BCUT2D eigenvalue weighted by atomic mass is 10.0. The molecule has 232 valence electrons. The highest BCUT2D eigenvalue weighted by molar-refractivity contribution is 5.69. The van der Waals surface area contributed by atoms with Crippen molar-refractivity contribution in [2.45, 2.75) is 187 Å². The third-order valence-electron chi connectivity index (χ3n) is 7.59. The van der Waals surface area contributed by atoms with Crippen molar-refractivity contribution in [1.29, 1.82) is 0 Å². The van der Waals surface area contributed by atoms with Crippen LogP contribution in [0.25, 0.3) is 0 Å². The summed E-state index contributed by atoms with van der Waals surface area (Å²) in [6.07, 6.45) is 37.5. The lowest BCUT2D eigenvalue weighted by Gasteiger charge is -2.15. The smallest absolute Gasteiger partial charge is 0.306 e. The number of ether oxygens (including phenoxy) is 2. The largest absolute Gasteiger partial charge is 0.457 e. The van der Waals surface area contributed by atoms with Gasteiger partial charge in [0.05, 0.1) is 13.2 Å². The van der Waals surface area contributed by atoms with Crippen LogP contribution in [0.4, 0.5) is 0 Å². The van der Waals surface area contributed by atoms with Crippen LogP contribution >= 0.6 is 0 Å². The van der Waals surface area contributed by atoms with Gasteiger partial charge in [0, 0.05) is 13.0 Å². The van der Waals surface area contributed by atoms with Gasteiger partial charge in [-0.05, 0) is 38.5 Å². The zero-order chi connectivity index (χ0) is 28.5. The summed E-state index contributed by atoms with van der Waals surface area (Å²) >= 11 is 0. The second-order valence-corrected chi connectivity index (χ2v) is 11.6. The van der Waals surface area contributed by atoms with E-state index in [0.29, 0.717) is 19.6 Å². The molecule has 0 bridgehead atoms. The Labute approximate surface area is 244 Å². The van der Waals surface area contributed by atoms with Gasteiger partial charge in [-0.2, -0.15) is 0 Å². The van der Waals surface area contributed by atoms with Crippen molar-refractivity contribution in [2.24, 2.45) is 0 Å². The van der Waals surface area contributed by atoms with Crippen LogP contribution in [0.3, 0.4) is 0 Å². The lowest BCUT2D eigenvalue weighted by Crippen LogP contribution is -2.27. The standard InChI is InChI=1S/C35H68O4/c1-3-5-7-8-9-10-11-12-13-14-15-16-17-18-19-20-21-22-23-24-25-26-27-29-31-38-33-34(32-36)39-35(37)30-28-6-4-2/h14-15,34,36H,3-13,16-33H2,1-2H3/b15-14-. The minimum absolute atomic E-state index is 0.170. The first kappa shape index (κ1) is 38.1. The molecule has 39 heavy (non-hydrogen) atoms. The average Bonchev–Trinajstić information content (AvgIpc) is 2.94. The van der Waals surface area contributed by atoms with Gasteiger partial charge in [-0.3, -0.25) is 4.79 Å². The highest BCUT2D eigenvalue weighted by atomic mass is 16.6. The Morgan fingerprint density at radius 3 is 1.46 bits per heavy atom. The van der Waals surface area contributed by atoms with Gasteiger partial charge in [0.25, 0.3) is 0 Å². The summed E-state index contributed by atoms with van der Waals surface area (Å²) in [6, 6.07) is 0. The maximum atomic E-state index is 11.7. The summed E-state index contributed by atoms with van der Waals surface area (Å²) in [5.74, 6) is -0.224. The van der Waals surface area contributed by atoms with Gasteiger partial charge in [0.1, 0.15) is 6.10 Å². The number of aliphatic hydroxyl groups is 1. The maximum absolute atomic E-state index is 11.7. The molecule has 0 saturated carbocycles. The predicted octanol–water partition coefficient (Wildman–Crippen LogP) is 10.6. The van der Waals surface area contributed by atoms with E-state index in [-0.39, 0.29) is 12.6 Å². The van der Waals surface area contributed by atoms with E-state index in [1.807, 2.05) is 0 Å². The number of unbranched alkanes of at least 4 members (excludes halogenated alkanes) is 22. The Bertz CT molecular complexity index is 505. The number of allylic oxidation sites excluding steroid dienone is 2. The van der Waals surface area contributed by atoms with Crippen LogP contribution in [0.15, 0.2) is 12.2 Å². The van der Waals surface area contributed by atoms with E-state index in [1.54, 1.807) is 0 Å². The summed E-state index contributed by atoms with van der Waals surface area (Å²) in [6.45, 7) is 5.20. The molecule has 0 fully saturated rings. The topological polar surface area (TPSA) is 55.8 Å². The number of carbonyl (C=O) groups is 1. The molecule has 0 aliphatic rings. The molecule has 0 saturated heterocycles. The SMILES string of the molecule is CCCCCCCCCC/C=C\CCCCCCCCCCCCCCOCC(CO)OC(=O)CCCCC. The summed E-state index contributed by atoms with van der Waals surface area (Å²) in [7, 11) is 0. The number of carbonyl (C=O) groups excluding carboxylic acids is 1.